The molecule has 0 bridgehead atoms. The van der Waals surface area contributed by atoms with Crippen molar-refractivity contribution in [2.24, 2.45) is 0 Å². The molecule has 2 aliphatic rings. The monoisotopic (exact) mass is 318 g/mol. The maximum atomic E-state index is 12.8. The molecule has 5 heteroatoms. The largest absolute Gasteiger partial charge is 0.394 e. The van der Waals surface area contributed by atoms with Crippen molar-refractivity contribution in [1.29, 1.82) is 0 Å². The van der Waals surface area contributed by atoms with Crippen LogP contribution in [0.2, 0.25) is 0 Å². The Kier molecular flexibility index (Phi) is 5.18. The van der Waals surface area contributed by atoms with E-state index in [4.69, 9.17) is 4.74 Å². The van der Waals surface area contributed by atoms with E-state index in [1.807, 2.05) is 18.2 Å². The topological polar surface area (TPSA) is 61.8 Å². The molecule has 126 valence electrons. The van der Waals surface area contributed by atoms with E-state index >= 15 is 0 Å². The molecule has 1 aromatic carbocycles. The van der Waals surface area contributed by atoms with E-state index in [0.717, 1.165) is 37.9 Å². The molecule has 0 spiro atoms. The van der Waals surface area contributed by atoms with Gasteiger partial charge in [-0.05, 0) is 36.8 Å². The smallest absolute Gasteiger partial charge is 0.318 e. The highest BCUT2D eigenvalue weighted by atomic mass is 16.5. The van der Waals surface area contributed by atoms with Gasteiger partial charge in [-0.1, -0.05) is 31.2 Å². The number of hydrogen-bond acceptors (Lipinski definition) is 3. The molecule has 1 saturated heterocycles. The SMILES string of the molecule is CCC(NC(=O)N1CCc2ccccc2C1CO)C1CCCO1. The van der Waals surface area contributed by atoms with Gasteiger partial charge in [-0.15, -0.1) is 0 Å². The number of rotatable bonds is 4. The van der Waals surface area contributed by atoms with E-state index < -0.39 is 0 Å². The fourth-order valence-electron chi connectivity index (χ4n) is 3.71. The molecule has 23 heavy (non-hydrogen) atoms. The van der Waals surface area contributed by atoms with Crippen LogP contribution in [0.5, 0.6) is 0 Å². The fourth-order valence-corrected chi connectivity index (χ4v) is 3.71. The summed E-state index contributed by atoms with van der Waals surface area (Å²) in [5.74, 6) is 0. The summed E-state index contributed by atoms with van der Waals surface area (Å²) in [5, 5.41) is 12.9. The number of amides is 2. The Morgan fingerprint density at radius 2 is 2.30 bits per heavy atom. The van der Waals surface area contributed by atoms with Gasteiger partial charge >= 0.3 is 6.03 Å². The van der Waals surface area contributed by atoms with Crippen molar-refractivity contribution in [2.75, 3.05) is 19.8 Å². The van der Waals surface area contributed by atoms with Crippen LogP contribution in [-0.4, -0.2) is 47.9 Å². The summed E-state index contributed by atoms with van der Waals surface area (Å²) >= 11 is 0. The molecule has 2 aliphatic heterocycles. The molecule has 0 aromatic heterocycles. The van der Waals surface area contributed by atoms with Crippen LogP contribution in [-0.2, 0) is 11.2 Å². The summed E-state index contributed by atoms with van der Waals surface area (Å²) in [5.41, 5.74) is 2.28. The van der Waals surface area contributed by atoms with Gasteiger partial charge in [0.05, 0.1) is 24.8 Å². The highest BCUT2D eigenvalue weighted by molar-refractivity contribution is 5.75. The van der Waals surface area contributed by atoms with Gasteiger partial charge in [0.1, 0.15) is 0 Å². The van der Waals surface area contributed by atoms with Gasteiger partial charge in [-0.3, -0.25) is 0 Å². The van der Waals surface area contributed by atoms with Crippen LogP contribution in [0.15, 0.2) is 24.3 Å². The van der Waals surface area contributed by atoms with Crippen molar-refractivity contribution in [3.8, 4) is 0 Å². The lowest BCUT2D eigenvalue weighted by atomic mass is 9.93. The Morgan fingerprint density at radius 3 is 3.00 bits per heavy atom. The van der Waals surface area contributed by atoms with Crippen molar-refractivity contribution >= 4 is 6.03 Å². The van der Waals surface area contributed by atoms with Crippen molar-refractivity contribution in [1.82, 2.24) is 10.2 Å². The molecule has 3 atom stereocenters. The first-order valence-corrected chi connectivity index (χ1v) is 8.62. The number of aliphatic hydroxyl groups is 1. The summed E-state index contributed by atoms with van der Waals surface area (Å²) in [4.78, 5) is 14.5. The molecule has 2 N–H and O–H groups in total. The van der Waals surface area contributed by atoms with E-state index in [1.54, 1.807) is 4.90 Å². The molecule has 0 saturated carbocycles. The minimum atomic E-state index is -0.262. The molecule has 0 radical (unpaired) electrons. The van der Waals surface area contributed by atoms with Crippen LogP contribution in [0.4, 0.5) is 4.79 Å². The third-order valence-corrected chi connectivity index (χ3v) is 5.01. The zero-order chi connectivity index (χ0) is 16.2. The number of nitrogens with one attached hydrogen (secondary N) is 1. The first kappa shape index (κ1) is 16.3. The van der Waals surface area contributed by atoms with Crippen LogP contribution in [0.3, 0.4) is 0 Å². The number of carbonyl (C=O) groups is 1. The van der Waals surface area contributed by atoms with Gasteiger partial charge in [-0.25, -0.2) is 4.79 Å². The quantitative estimate of drug-likeness (QED) is 0.895. The normalized spacial score (nSPS) is 25.0. The first-order valence-electron chi connectivity index (χ1n) is 8.62. The zero-order valence-electron chi connectivity index (χ0n) is 13.7. The molecule has 3 unspecified atom stereocenters. The predicted octanol–water partition coefficient (Wildman–Crippen LogP) is 2.25. The van der Waals surface area contributed by atoms with Crippen molar-refractivity contribution < 1.29 is 14.6 Å². The second-order valence-corrected chi connectivity index (χ2v) is 6.36. The van der Waals surface area contributed by atoms with Crippen molar-refractivity contribution in [3.05, 3.63) is 35.4 Å². The average molecular weight is 318 g/mol. The fraction of sp³-hybridized carbons (Fsp3) is 0.611. The number of aliphatic hydroxyl groups excluding tert-OH is 1. The standard InChI is InChI=1S/C18H26N2O3/c1-2-15(17-8-5-11-23-17)19-18(22)20-10-9-13-6-3-4-7-14(13)16(20)12-21/h3-4,6-7,15-17,21H,2,5,8-12H2,1H3,(H,19,22). The molecule has 1 aromatic rings. The third-order valence-electron chi connectivity index (χ3n) is 5.01. The van der Waals surface area contributed by atoms with Gasteiger partial charge < -0.3 is 20.1 Å². The molecular formula is C18H26N2O3. The van der Waals surface area contributed by atoms with Crippen LogP contribution in [0.25, 0.3) is 0 Å². The number of urea groups is 1. The molecule has 3 rings (SSSR count). The lowest BCUT2D eigenvalue weighted by molar-refractivity contribution is 0.0721. The lowest BCUT2D eigenvalue weighted by Gasteiger charge is -2.37. The maximum Gasteiger partial charge on any atom is 0.318 e. The van der Waals surface area contributed by atoms with Crippen LogP contribution in [0.1, 0.15) is 43.4 Å². The van der Waals surface area contributed by atoms with E-state index in [9.17, 15) is 9.90 Å². The van der Waals surface area contributed by atoms with E-state index in [-0.39, 0.29) is 30.8 Å². The number of ether oxygens (including phenoxy) is 1. The Balaban J connectivity index is 1.71. The van der Waals surface area contributed by atoms with Gasteiger partial charge in [0.2, 0.25) is 0 Å². The van der Waals surface area contributed by atoms with Gasteiger partial charge in [0.15, 0.2) is 0 Å². The van der Waals surface area contributed by atoms with Gasteiger partial charge in [0, 0.05) is 13.2 Å². The molecule has 1 fully saturated rings. The Hall–Kier alpha value is -1.59. The minimum absolute atomic E-state index is 0.0431. The molecular weight excluding hydrogens is 292 g/mol. The van der Waals surface area contributed by atoms with E-state index in [0.29, 0.717) is 6.54 Å². The van der Waals surface area contributed by atoms with Crippen molar-refractivity contribution in [2.45, 2.75) is 50.8 Å². The van der Waals surface area contributed by atoms with E-state index in [1.165, 1.54) is 5.56 Å². The van der Waals surface area contributed by atoms with Crippen LogP contribution in [0, 0.1) is 0 Å². The summed E-state index contributed by atoms with van der Waals surface area (Å²) in [6.07, 6.45) is 3.87. The van der Waals surface area contributed by atoms with Crippen LogP contribution < -0.4 is 5.32 Å². The minimum Gasteiger partial charge on any atom is -0.394 e. The summed E-state index contributed by atoms with van der Waals surface area (Å²) in [6.45, 7) is 3.44. The Morgan fingerprint density at radius 1 is 1.48 bits per heavy atom. The number of fused-ring (bicyclic) bond motifs is 1. The van der Waals surface area contributed by atoms with Crippen LogP contribution >= 0.6 is 0 Å². The maximum absolute atomic E-state index is 12.8. The number of benzene rings is 1. The highest BCUT2D eigenvalue weighted by Crippen LogP contribution is 2.29. The lowest BCUT2D eigenvalue weighted by Crippen LogP contribution is -2.52. The molecule has 5 nitrogen and oxygen atoms in total. The van der Waals surface area contributed by atoms with Crippen molar-refractivity contribution in [3.63, 3.8) is 0 Å². The predicted molar refractivity (Wildman–Crippen MR) is 88.3 cm³/mol. The summed E-state index contributed by atoms with van der Waals surface area (Å²) in [7, 11) is 0. The number of carbonyl (C=O) groups excluding carboxylic acids is 1. The van der Waals surface area contributed by atoms with Gasteiger partial charge in [-0.2, -0.15) is 0 Å². The second-order valence-electron chi connectivity index (χ2n) is 6.36. The van der Waals surface area contributed by atoms with Gasteiger partial charge in [0.25, 0.3) is 0 Å². The zero-order valence-corrected chi connectivity index (χ0v) is 13.7. The summed E-state index contributed by atoms with van der Waals surface area (Å²) in [6, 6.07) is 7.74. The number of nitrogens with zero attached hydrogens (tertiary/aromatic N) is 1. The number of hydrogen-bond donors (Lipinski definition) is 2. The first-order chi connectivity index (χ1) is 11.2. The Bertz CT molecular complexity index is 543. The molecule has 2 heterocycles. The second kappa shape index (κ2) is 7.32. The average Bonchev–Trinajstić information content (AvgIpc) is 3.12. The molecule has 2 amide bonds. The molecule has 0 aliphatic carbocycles. The van der Waals surface area contributed by atoms with E-state index in [2.05, 4.69) is 18.3 Å². The third kappa shape index (κ3) is 3.35. The Labute approximate surface area is 137 Å². The summed E-state index contributed by atoms with van der Waals surface area (Å²) < 4.78 is 5.72. The highest BCUT2D eigenvalue weighted by Gasteiger charge is 2.33.